The Bertz CT molecular complexity index is 1070. The first-order chi connectivity index (χ1) is 12.8. The molecule has 1 aromatic carbocycles. The van der Waals surface area contributed by atoms with Crippen LogP contribution in [0.25, 0.3) is 10.9 Å². The number of aromatic nitrogens is 3. The second-order valence-corrected chi connectivity index (χ2v) is 7.84. The van der Waals surface area contributed by atoms with Gasteiger partial charge in [-0.25, -0.2) is 4.98 Å². The zero-order valence-electron chi connectivity index (χ0n) is 16.4. The maximum Gasteiger partial charge on any atom is 0.262 e. The lowest BCUT2D eigenvalue weighted by molar-refractivity contribution is 0.102. The summed E-state index contributed by atoms with van der Waals surface area (Å²) in [6.45, 7) is 7.99. The molecule has 6 heteroatoms. The van der Waals surface area contributed by atoms with Gasteiger partial charge in [-0.3, -0.25) is 14.2 Å². The molecule has 2 heterocycles. The predicted molar refractivity (Wildman–Crippen MR) is 111 cm³/mol. The molecule has 0 amide bonds. The van der Waals surface area contributed by atoms with E-state index < -0.39 is 0 Å². The van der Waals surface area contributed by atoms with Gasteiger partial charge in [0.15, 0.2) is 10.9 Å². The molecular formula is C21H25N3O2S. The number of hydrogen-bond donors (Lipinski definition) is 0. The molecule has 0 bridgehead atoms. The highest BCUT2D eigenvalue weighted by Gasteiger charge is 2.19. The van der Waals surface area contributed by atoms with Crippen LogP contribution in [0.1, 0.15) is 48.1 Å². The molecule has 0 aliphatic rings. The van der Waals surface area contributed by atoms with Gasteiger partial charge in [0.05, 0.1) is 16.7 Å². The Morgan fingerprint density at radius 1 is 1.26 bits per heavy atom. The van der Waals surface area contributed by atoms with Gasteiger partial charge in [0.25, 0.3) is 5.56 Å². The number of hydrogen-bond acceptors (Lipinski definition) is 4. The zero-order valence-corrected chi connectivity index (χ0v) is 17.3. The van der Waals surface area contributed by atoms with Crippen LogP contribution in [0.5, 0.6) is 0 Å². The summed E-state index contributed by atoms with van der Waals surface area (Å²) in [5, 5.41) is 1.22. The van der Waals surface area contributed by atoms with Crippen LogP contribution in [0.4, 0.5) is 0 Å². The Morgan fingerprint density at radius 3 is 2.59 bits per heavy atom. The first kappa shape index (κ1) is 19.4. The van der Waals surface area contributed by atoms with E-state index in [0.29, 0.717) is 16.1 Å². The molecular weight excluding hydrogens is 358 g/mol. The van der Waals surface area contributed by atoms with Crippen LogP contribution in [0.2, 0.25) is 0 Å². The summed E-state index contributed by atoms with van der Waals surface area (Å²) in [6.07, 6.45) is 0.818. The van der Waals surface area contributed by atoms with Gasteiger partial charge < -0.3 is 4.57 Å². The quantitative estimate of drug-likeness (QED) is 0.362. The topological polar surface area (TPSA) is 56.9 Å². The SMILES string of the molecule is CC[C@@H](C)n1c(SCC(=O)c2cc(C)n(C)c2C)nc2ccccc2c1=O. The lowest BCUT2D eigenvalue weighted by atomic mass is 10.2. The smallest absolute Gasteiger partial charge is 0.262 e. The third kappa shape index (κ3) is 3.58. The molecule has 0 fully saturated rings. The monoisotopic (exact) mass is 383 g/mol. The normalized spacial score (nSPS) is 12.5. The molecule has 0 saturated heterocycles. The highest BCUT2D eigenvalue weighted by molar-refractivity contribution is 7.99. The summed E-state index contributed by atoms with van der Waals surface area (Å²) in [7, 11) is 1.96. The van der Waals surface area contributed by atoms with Gasteiger partial charge in [0.2, 0.25) is 0 Å². The number of para-hydroxylation sites is 1. The molecule has 0 aliphatic heterocycles. The molecule has 0 unspecified atom stereocenters. The highest BCUT2D eigenvalue weighted by Crippen LogP contribution is 2.24. The third-order valence-electron chi connectivity index (χ3n) is 5.21. The summed E-state index contributed by atoms with van der Waals surface area (Å²) in [4.78, 5) is 30.4. The van der Waals surface area contributed by atoms with Crippen molar-refractivity contribution in [2.24, 2.45) is 7.05 Å². The molecule has 5 nitrogen and oxygen atoms in total. The Kier molecular flexibility index (Phi) is 5.56. The molecule has 2 aromatic heterocycles. The molecule has 1 atom stereocenters. The van der Waals surface area contributed by atoms with Crippen LogP contribution in [-0.2, 0) is 7.05 Å². The minimum absolute atomic E-state index is 0.0212. The Morgan fingerprint density at radius 2 is 1.96 bits per heavy atom. The van der Waals surface area contributed by atoms with Crippen LogP contribution in [0, 0.1) is 13.8 Å². The predicted octanol–water partition coefficient (Wildman–Crippen LogP) is 4.30. The van der Waals surface area contributed by atoms with Crippen molar-refractivity contribution in [1.29, 1.82) is 0 Å². The second kappa shape index (κ2) is 7.72. The van der Waals surface area contributed by atoms with Gasteiger partial charge in [-0.1, -0.05) is 30.8 Å². The maximum absolute atomic E-state index is 13.0. The van der Waals surface area contributed by atoms with Crippen molar-refractivity contribution < 1.29 is 4.79 Å². The Balaban J connectivity index is 1.97. The number of benzene rings is 1. The minimum Gasteiger partial charge on any atom is -0.351 e. The van der Waals surface area contributed by atoms with Crippen molar-refractivity contribution in [1.82, 2.24) is 14.1 Å². The highest BCUT2D eigenvalue weighted by atomic mass is 32.2. The summed E-state index contributed by atoms with van der Waals surface area (Å²) < 4.78 is 3.74. The van der Waals surface area contributed by atoms with Crippen LogP contribution in [-0.4, -0.2) is 25.7 Å². The number of Topliss-reactive ketones (excluding diaryl/α,β-unsaturated/α-hetero) is 1. The van der Waals surface area contributed by atoms with Crippen molar-refractivity contribution in [2.75, 3.05) is 5.75 Å². The number of ketones is 1. The summed E-state index contributed by atoms with van der Waals surface area (Å²) >= 11 is 1.34. The van der Waals surface area contributed by atoms with Crippen molar-refractivity contribution in [3.8, 4) is 0 Å². The number of aryl methyl sites for hydroxylation is 1. The van der Waals surface area contributed by atoms with E-state index in [2.05, 4.69) is 4.98 Å². The number of rotatable bonds is 6. The molecule has 0 spiro atoms. The van der Waals surface area contributed by atoms with E-state index in [1.54, 1.807) is 10.6 Å². The summed E-state index contributed by atoms with van der Waals surface area (Å²) in [5.41, 5.74) is 3.38. The van der Waals surface area contributed by atoms with Crippen molar-refractivity contribution in [3.05, 3.63) is 57.6 Å². The molecule has 27 heavy (non-hydrogen) atoms. The van der Waals surface area contributed by atoms with Gasteiger partial charge >= 0.3 is 0 Å². The fourth-order valence-electron chi connectivity index (χ4n) is 3.14. The third-order valence-corrected chi connectivity index (χ3v) is 6.17. The molecule has 3 aromatic rings. The Labute approximate surface area is 163 Å². The molecule has 0 radical (unpaired) electrons. The number of carbonyl (C=O) groups excluding carboxylic acids is 1. The average molecular weight is 384 g/mol. The van der Waals surface area contributed by atoms with E-state index in [4.69, 9.17) is 0 Å². The minimum atomic E-state index is -0.0448. The summed E-state index contributed by atoms with van der Waals surface area (Å²) in [5.74, 6) is 0.310. The van der Waals surface area contributed by atoms with Gasteiger partial charge in [-0.15, -0.1) is 0 Å². The van der Waals surface area contributed by atoms with Gasteiger partial charge in [0.1, 0.15) is 0 Å². The molecule has 142 valence electrons. The second-order valence-electron chi connectivity index (χ2n) is 6.90. The number of nitrogens with zero attached hydrogens (tertiary/aromatic N) is 3. The van der Waals surface area contributed by atoms with E-state index in [9.17, 15) is 9.59 Å². The lowest BCUT2D eigenvalue weighted by Crippen LogP contribution is -2.26. The standard InChI is InChI=1S/C21H25N3O2S/c1-6-13(2)24-20(26)16-9-7-8-10-18(16)22-21(24)27-12-19(25)17-11-14(3)23(5)15(17)4/h7-11,13H,6,12H2,1-5H3/t13-/m1/s1. The molecule has 0 aliphatic carbocycles. The van der Waals surface area contributed by atoms with Crippen LogP contribution >= 0.6 is 11.8 Å². The number of carbonyl (C=O) groups is 1. The Hall–Kier alpha value is -2.34. The number of thioether (sulfide) groups is 1. The fraction of sp³-hybridized carbons (Fsp3) is 0.381. The molecule has 3 rings (SSSR count). The van der Waals surface area contributed by atoms with E-state index in [-0.39, 0.29) is 23.1 Å². The zero-order chi connectivity index (χ0) is 19.7. The first-order valence-corrected chi connectivity index (χ1v) is 10.1. The number of fused-ring (bicyclic) bond motifs is 1. The van der Waals surface area contributed by atoms with E-state index in [1.165, 1.54) is 11.8 Å². The van der Waals surface area contributed by atoms with E-state index >= 15 is 0 Å². The van der Waals surface area contributed by atoms with Crippen LogP contribution in [0.3, 0.4) is 0 Å². The van der Waals surface area contributed by atoms with Crippen molar-refractivity contribution >= 4 is 28.4 Å². The molecule has 0 saturated carbocycles. The fourth-order valence-corrected chi connectivity index (χ4v) is 4.12. The van der Waals surface area contributed by atoms with Gasteiger partial charge in [-0.05, 0) is 45.4 Å². The molecule has 0 N–H and O–H groups in total. The van der Waals surface area contributed by atoms with Gasteiger partial charge in [-0.2, -0.15) is 0 Å². The van der Waals surface area contributed by atoms with Gasteiger partial charge in [0, 0.05) is 30.0 Å². The van der Waals surface area contributed by atoms with E-state index in [1.807, 2.05) is 63.6 Å². The first-order valence-electron chi connectivity index (χ1n) is 9.15. The summed E-state index contributed by atoms with van der Waals surface area (Å²) in [6, 6.07) is 9.32. The lowest BCUT2D eigenvalue weighted by Gasteiger charge is -2.18. The van der Waals surface area contributed by atoms with Crippen LogP contribution < -0.4 is 5.56 Å². The van der Waals surface area contributed by atoms with Crippen molar-refractivity contribution in [2.45, 2.75) is 45.3 Å². The average Bonchev–Trinajstić information content (AvgIpc) is 2.93. The van der Waals surface area contributed by atoms with Crippen molar-refractivity contribution in [3.63, 3.8) is 0 Å². The largest absolute Gasteiger partial charge is 0.351 e. The maximum atomic E-state index is 13.0. The van der Waals surface area contributed by atoms with E-state index in [0.717, 1.165) is 23.4 Å². The van der Waals surface area contributed by atoms with Crippen LogP contribution in [0.15, 0.2) is 40.3 Å².